The van der Waals surface area contributed by atoms with Crippen LogP contribution >= 0.6 is 0 Å². The zero-order chi connectivity index (χ0) is 23.1. The standard InChI is InChI=1S/C26H31NO5/c1-25(2,3)18-8-6-17(7-9-18)24(29)27-12-10-26(11-13-27)16-20(28)23-21(31-5)14-19(30-4)15-22(23)32-26/h6-9,14-15H,10-13,16H2,1-5H3. The third kappa shape index (κ3) is 4.06. The van der Waals surface area contributed by atoms with Crippen molar-refractivity contribution in [1.29, 1.82) is 0 Å². The van der Waals surface area contributed by atoms with Crippen LogP contribution in [0.5, 0.6) is 17.2 Å². The molecular formula is C26H31NO5. The number of ketones is 1. The topological polar surface area (TPSA) is 65.1 Å². The van der Waals surface area contributed by atoms with Crippen LogP contribution in [0.1, 0.15) is 66.3 Å². The van der Waals surface area contributed by atoms with Crippen molar-refractivity contribution in [2.24, 2.45) is 0 Å². The van der Waals surface area contributed by atoms with E-state index in [2.05, 4.69) is 20.8 Å². The van der Waals surface area contributed by atoms with Gasteiger partial charge in [-0.25, -0.2) is 0 Å². The summed E-state index contributed by atoms with van der Waals surface area (Å²) in [7, 11) is 3.10. The van der Waals surface area contributed by atoms with Crippen molar-refractivity contribution >= 4 is 11.7 Å². The summed E-state index contributed by atoms with van der Waals surface area (Å²) in [5.74, 6) is 1.56. The number of rotatable bonds is 3. The molecule has 0 saturated carbocycles. The highest BCUT2D eigenvalue weighted by molar-refractivity contribution is 6.03. The van der Waals surface area contributed by atoms with Crippen LogP contribution in [0.3, 0.4) is 0 Å². The second kappa shape index (κ2) is 8.15. The summed E-state index contributed by atoms with van der Waals surface area (Å²) >= 11 is 0. The number of carbonyl (C=O) groups excluding carboxylic acids is 2. The number of amides is 1. The van der Waals surface area contributed by atoms with Gasteiger partial charge in [0.05, 0.1) is 20.6 Å². The van der Waals surface area contributed by atoms with Gasteiger partial charge in [0.15, 0.2) is 5.78 Å². The molecule has 32 heavy (non-hydrogen) atoms. The number of nitrogens with zero attached hydrogens (tertiary/aromatic N) is 1. The minimum absolute atomic E-state index is 0.00305. The van der Waals surface area contributed by atoms with E-state index in [-0.39, 0.29) is 23.5 Å². The molecule has 6 nitrogen and oxygen atoms in total. The number of hydrogen-bond donors (Lipinski definition) is 0. The predicted molar refractivity (Wildman–Crippen MR) is 122 cm³/mol. The van der Waals surface area contributed by atoms with Crippen LogP contribution in [0.2, 0.25) is 0 Å². The third-order valence-corrected chi connectivity index (χ3v) is 6.54. The van der Waals surface area contributed by atoms with E-state index in [1.165, 1.54) is 12.7 Å². The van der Waals surface area contributed by atoms with Gasteiger partial charge in [-0.3, -0.25) is 9.59 Å². The first kappa shape index (κ1) is 22.2. The van der Waals surface area contributed by atoms with E-state index in [1.54, 1.807) is 19.2 Å². The lowest BCUT2D eigenvalue weighted by Crippen LogP contribution is -2.52. The first-order chi connectivity index (χ1) is 15.2. The maximum absolute atomic E-state index is 13.0. The van der Waals surface area contributed by atoms with Gasteiger partial charge in [-0.1, -0.05) is 32.9 Å². The zero-order valence-electron chi connectivity index (χ0n) is 19.5. The normalized spacial score (nSPS) is 17.5. The van der Waals surface area contributed by atoms with Crippen LogP contribution in [-0.4, -0.2) is 49.5 Å². The summed E-state index contributed by atoms with van der Waals surface area (Å²) in [5, 5.41) is 0. The number of ether oxygens (including phenoxy) is 3. The summed E-state index contributed by atoms with van der Waals surface area (Å²) in [5.41, 5.74) is 1.80. The molecule has 0 aliphatic carbocycles. The first-order valence-electron chi connectivity index (χ1n) is 11.0. The van der Waals surface area contributed by atoms with E-state index in [0.29, 0.717) is 54.3 Å². The Labute approximate surface area is 189 Å². The summed E-state index contributed by atoms with van der Waals surface area (Å²) in [4.78, 5) is 27.9. The number of hydrogen-bond acceptors (Lipinski definition) is 5. The molecule has 1 amide bonds. The van der Waals surface area contributed by atoms with Crippen LogP contribution in [0.4, 0.5) is 0 Å². The van der Waals surface area contributed by atoms with Crippen LogP contribution in [-0.2, 0) is 5.41 Å². The molecule has 0 bridgehead atoms. The minimum atomic E-state index is -0.603. The molecular weight excluding hydrogens is 406 g/mol. The molecule has 2 aliphatic rings. The van der Waals surface area contributed by atoms with Gasteiger partial charge in [-0.2, -0.15) is 0 Å². The van der Waals surface area contributed by atoms with Gasteiger partial charge >= 0.3 is 0 Å². The SMILES string of the molecule is COc1cc(OC)c2c(c1)OC1(CCN(C(=O)c3ccc(C(C)(C)C)cc3)CC1)CC2=O. The first-order valence-corrected chi connectivity index (χ1v) is 11.0. The molecule has 0 radical (unpaired) electrons. The molecule has 2 aromatic rings. The fourth-order valence-corrected chi connectivity index (χ4v) is 4.54. The Morgan fingerprint density at radius 3 is 2.25 bits per heavy atom. The highest BCUT2D eigenvalue weighted by Gasteiger charge is 2.45. The van der Waals surface area contributed by atoms with E-state index < -0.39 is 5.60 Å². The Morgan fingerprint density at radius 1 is 1.03 bits per heavy atom. The number of methoxy groups -OCH3 is 2. The Hall–Kier alpha value is -3.02. The zero-order valence-corrected chi connectivity index (χ0v) is 19.5. The van der Waals surface area contributed by atoms with E-state index in [9.17, 15) is 9.59 Å². The molecule has 0 N–H and O–H groups in total. The van der Waals surface area contributed by atoms with Gasteiger partial charge in [0, 0.05) is 43.6 Å². The fraction of sp³-hybridized carbons (Fsp3) is 0.462. The Morgan fingerprint density at radius 2 is 1.69 bits per heavy atom. The average molecular weight is 438 g/mol. The maximum atomic E-state index is 13.0. The van der Waals surface area contributed by atoms with Gasteiger partial charge in [-0.05, 0) is 23.1 Å². The molecule has 2 aromatic carbocycles. The molecule has 0 aromatic heterocycles. The fourth-order valence-electron chi connectivity index (χ4n) is 4.54. The summed E-state index contributed by atoms with van der Waals surface area (Å²) in [6, 6.07) is 11.3. The molecule has 0 unspecified atom stereocenters. The van der Waals surface area contributed by atoms with E-state index in [0.717, 1.165) is 0 Å². The van der Waals surface area contributed by atoms with Crippen LogP contribution < -0.4 is 14.2 Å². The number of piperidine rings is 1. The third-order valence-electron chi connectivity index (χ3n) is 6.54. The van der Waals surface area contributed by atoms with Gasteiger partial charge in [0.2, 0.25) is 0 Å². The number of Topliss-reactive ketones (excluding diaryl/α,β-unsaturated/α-hetero) is 1. The minimum Gasteiger partial charge on any atom is -0.496 e. The molecule has 2 heterocycles. The molecule has 1 fully saturated rings. The second-order valence-corrected chi connectivity index (χ2v) is 9.71. The number of likely N-dealkylation sites (tertiary alicyclic amines) is 1. The van der Waals surface area contributed by atoms with Crippen molar-refractivity contribution in [2.75, 3.05) is 27.3 Å². The van der Waals surface area contributed by atoms with Crippen LogP contribution in [0.25, 0.3) is 0 Å². The summed E-state index contributed by atoms with van der Waals surface area (Å²) in [6.07, 6.45) is 1.48. The lowest BCUT2D eigenvalue weighted by Gasteiger charge is -2.44. The Kier molecular flexibility index (Phi) is 5.65. The summed E-state index contributed by atoms with van der Waals surface area (Å²) < 4.78 is 17.1. The molecule has 1 saturated heterocycles. The number of fused-ring (bicyclic) bond motifs is 1. The molecule has 4 rings (SSSR count). The smallest absolute Gasteiger partial charge is 0.253 e. The van der Waals surface area contributed by atoms with Crippen molar-refractivity contribution in [2.45, 2.75) is 51.0 Å². The van der Waals surface area contributed by atoms with Crippen LogP contribution in [0.15, 0.2) is 36.4 Å². The number of carbonyl (C=O) groups is 2. The quantitative estimate of drug-likeness (QED) is 0.700. The van der Waals surface area contributed by atoms with Gasteiger partial charge in [-0.15, -0.1) is 0 Å². The molecule has 170 valence electrons. The highest BCUT2D eigenvalue weighted by atomic mass is 16.5. The van der Waals surface area contributed by atoms with Gasteiger partial charge < -0.3 is 19.1 Å². The molecule has 6 heteroatoms. The molecule has 1 spiro atoms. The van der Waals surface area contributed by atoms with Crippen molar-refractivity contribution in [1.82, 2.24) is 4.90 Å². The monoisotopic (exact) mass is 437 g/mol. The number of benzene rings is 2. The average Bonchev–Trinajstić information content (AvgIpc) is 2.77. The van der Waals surface area contributed by atoms with Crippen molar-refractivity contribution in [3.05, 3.63) is 53.1 Å². The Bertz CT molecular complexity index is 1030. The largest absolute Gasteiger partial charge is 0.496 e. The van der Waals surface area contributed by atoms with E-state index >= 15 is 0 Å². The molecule has 2 aliphatic heterocycles. The summed E-state index contributed by atoms with van der Waals surface area (Å²) in [6.45, 7) is 7.56. The van der Waals surface area contributed by atoms with Crippen molar-refractivity contribution < 1.29 is 23.8 Å². The predicted octanol–water partition coefficient (Wildman–Crippen LogP) is 4.64. The van der Waals surface area contributed by atoms with Gasteiger partial charge in [0.1, 0.15) is 28.4 Å². The second-order valence-electron chi connectivity index (χ2n) is 9.71. The Balaban J connectivity index is 1.49. The maximum Gasteiger partial charge on any atom is 0.253 e. The lowest BCUT2D eigenvalue weighted by atomic mass is 9.82. The lowest BCUT2D eigenvalue weighted by molar-refractivity contribution is -0.00610. The van der Waals surface area contributed by atoms with Crippen molar-refractivity contribution in [3.8, 4) is 17.2 Å². The van der Waals surface area contributed by atoms with Crippen molar-refractivity contribution in [3.63, 3.8) is 0 Å². The van der Waals surface area contributed by atoms with E-state index in [4.69, 9.17) is 14.2 Å². The highest BCUT2D eigenvalue weighted by Crippen LogP contribution is 2.44. The van der Waals surface area contributed by atoms with Crippen LogP contribution in [0, 0.1) is 0 Å². The van der Waals surface area contributed by atoms with E-state index in [1.807, 2.05) is 29.2 Å². The molecule has 0 atom stereocenters. The van der Waals surface area contributed by atoms with Gasteiger partial charge in [0.25, 0.3) is 5.91 Å².